The number of rotatable bonds is 4. The third kappa shape index (κ3) is 2.44. The fraction of sp³-hybridized carbons (Fsp3) is 0.900. The van der Waals surface area contributed by atoms with Crippen LogP contribution >= 0.6 is 0 Å². The van der Waals surface area contributed by atoms with E-state index < -0.39 is 11.7 Å². The standard InChI is InChI=1S/C10H18O3/c1-3-4-5-6-10(2)8(11)7-9(12)13-10/h8,11H,3-7H2,1-2H3/t8-,10+/m0/s1. The summed E-state index contributed by atoms with van der Waals surface area (Å²) in [5.41, 5.74) is -0.619. The second-order valence-corrected chi connectivity index (χ2v) is 3.96. The first-order valence-corrected chi connectivity index (χ1v) is 4.98. The monoisotopic (exact) mass is 186 g/mol. The van der Waals surface area contributed by atoms with Crippen molar-refractivity contribution in [3.8, 4) is 0 Å². The lowest BCUT2D eigenvalue weighted by atomic mass is 9.93. The zero-order chi connectivity index (χ0) is 9.90. The third-order valence-corrected chi connectivity index (χ3v) is 2.69. The highest BCUT2D eigenvalue weighted by Crippen LogP contribution is 2.31. The minimum Gasteiger partial charge on any atom is -0.457 e. The number of cyclic esters (lactones) is 1. The van der Waals surface area contributed by atoms with Crippen LogP contribution < -0.4 is 0 Å². The van der Waals surface area contributed by atoms with Crippen LogP contribution in [0, 0.1) is 0 Å². The van der Waals surface area contributed by atoms with Crippen LogP contribution in [0.5, 0.6) is 0 Å². The van der Waals surface area contributed by atoms with Gasteiger partial charge in [0, 0.05) is 0 Å². The summed E-state index contributed by atoms with van der Waals surface area (Å²) in [7, 11) is 0. The molecule has 0 amide bonds. The molecule has 1 N–H and O–H groups in total. The number of ether oxygens (including phenoxy) is 1. The van der Waals surface area contributed by atoms with E-state index in [1.165, 1.54) is 0 Å². The maximum absolute atomic E-state index is 10.9. The third-order valence-electron chi connectivity index (χ3n) is 2.69. The van der Waals surface area contributed by atoms with Crippen LogP contribution in [0.4, 0.5) is 0 Å². The summed E-state index contributed by atoms with van der Waals surface area (Å²) >= 11 is 0. The fourth-order valence-electron chi connectivity index (χ4n) is 1.69. The molecule has 0 aliphatic carbocycles. The lowest BCUT2D eigenvalue weighted by molar-refractivity contribution is -0.150. The second-order valence-electron chi connectivity index (χ2n) is 3.96. The molecule has 76 valence electrons. The van der Waals surface area contributed by atoms with E-state index in [1.54, 1.807) is 0 Å². The molecule has 3 heteroatoms. The Balaban J connectivity index is 2.41. The quantitative estimate of drug-likeness (QED) is 0.536. The van der Waals surface area contributed by atoms with Gasteiger partial charge >= 0.3 is 5.97 Å². The van der Waals surface area contributed by atoms with E-state index in [4.69, 9.17) is 4.74 Å². The average Bonchev–Trinajstić information content (AvgIpc) is 2.27. The van der Waals surface area contributed by atoms with E-state index in [1.807, 2.05) is 6.92 Å². The Kier molecular flexibility index (Phi) is 3.31. The van der Waals surface area contributed by atoms with Crippen LogP contribution in [-0.4, -0.2) is 22.8 Å². The normalized spacial score (nSPS) is 33.5. The summed E-state index contributed by atoms with van der Waals surface area (Å²) in [6.45, 7) is 3.94. The van der Waals surface area contributed by atoms with Crippen LogP contribution in [-0.2, 0) is 9.53 Å². The Morgan fingerprint density at radius 3 is 2.77 bits per heavy atom. The molecule has 3 nitrogen and oxygen atoms in total. The summed E-state index contributed by atoms with van der Waals surface area (Å²) in [5.74, 6) is -0.272. The molecule has 0 radical (unpaired) electrons. The maximum atomic E-state index is 10.9. The molecule has 0 unspecified atom stereocenters. The van der Waals surface area contributed by atoms with Crippen LogP contribution in [0.25, 0.3) is 0 Å². The fourth-order valence-corrected chi connectivity index (χ4v) is 1.69. The van der Waals surface area contributed by atoms with Crippen molar-refractivity contribution in [1.29, 1.82) is 0 Å². The van der Waals surface area contributed by atoms with Gasteiger partial charge in [0.15, 0.2) is 0 Å². The maximum Gasteiger partial charge on any atom is 0.309 e. The first-order chi connectivity index (χ1) is 6.08. The molecule has 0 aromatic heterocycles. The summed E-state index contributed by atoms with van der Waals surface area (Å²) in [4.78, 5) is 10.9. The van der Waals surface area contributed by atoms with Gasteiger partial charge in [-0.3, -0.25) is 4.79 Å². The largest absolute Gasteiger partial charge is 0.457 e. The molecule has 0 aromatic rings. The van der Waals surface area contributed by atoms with Crippen molar-refractivity contribution >= 4 is 5.97 Å². The molecule has 1 fully saturated rings. The molecule has 1 rings (SSSR count). The highest BCUT2D eigenvalue weighted by molar-refractivity contribution is 5.73. The summed E-state index contributed by atoms with van der Waals surface area (Å²) in [6.07, 6.45) is 3.59. The van der Waals surface area contributed by atoms with Gasteiger partial charge in [-0.25, -0.2) is 0 Å². The van der Waals surface area contributed by atoms with Gasteiger partial charge in [0.05, 0.1) is 6.42 Å². The van der Waals surface area contributed by atoms with Crippen molar-refractivity contribution in [2.75, 3.05) is 0 Å². The van der Waals surface area contributed by atoms with Gasteiger partial charge in [0.2, 0.25) is 0 Å². The van der Waals surface area contributed by atoms with Crippen molar-refractivity contribution in [2.24, 2.45) is 0 Å². The van der Waals surface area contributed by atoms with E-state index in [0.717, 1.165) is 25.7 Å². The Morgan fingerprint density at radius 2 is 2.31 bits per heavy atom. The number of carbonyl (C=O) groups excluding carboxylic acids is 1. The van der Waals surface area contributed by atoms with Crippen molar-refractivity contribution in [3.63, 3.8) is 0 Å². The Bertz CT molecular complexity index is 191. The number of hydrogen-bond acceptors (Lipinski definition) is 3. The first kappa shape index (κ1) is 10.5. The van der Waals surface area contributed by atoms with Gasteiger partial charge in [-0.05, 0) is 19.8 Å². The van der Waals surface area contributed by atoms with E-state index in [0.29, 0.717) is 0 Å². The Labute approximate surface area is 79.1 Å². The molecule has 0 bridgehead atoms. The molecule has 2 atom stereocenters. The van der Waals surface area contributed by atoms with Crippen LogP contribution in [0.1, 0.15) is 46.0 Å². The van der Waals surface area contributed by atoms with Crippen molar-refractivity contribution in [1.82, 2.24) is 0 Å². The lowest BCUT2D eigenvalue weighted by Gasteiger charge is -2.25. The van der Waals surface area contributed by atoms with E-state index >= 15 is 0 Å². The summed E-state index contributed by atoms with van der Waals surface area (Å²) in [6, 6.07) is 0. The van der Waals surface area contributed by atoms with Crippen LogP contribution in [0.2, 0.25) is 0 Å². The van der Waals surface area contributed by atoms with Gasteiger partial charge in [-0.15, -0.1) is 0 Å². The molecule has 0 aromatic carbocycles. The predicted octanol–water partition coefficient (Wildman–Crippen LogP) is 1.63. The minimum atomic E-state index is -0.619. The summed E-state index contributed by atoms with van der Waals surface area (Å²) < 4.78 is 5.12. The molecule has 0 spiro atoms. The number of aliphatic hydroxyl groups is 1. The van der Waals surface area contributed by atoms with Gasteiger partial charge in [0.1, 0.15) is 11.7 Å². The molecule has 13 heavy (non-hydrogen) atoms. The number of aliphatic hydroxyl groups excluding tert-OH is 1. The van der Waals surface area contributed by atoms with E-state index in [-0.39, 0.29) is 12.4 Å². The van der Waals surface area contributed by atoms with E-state index in [2.05, 4.69) is 6.92 Å². The molecule has 1 heterocycles. The first-order valence-electron chi connectivity index (χ1n) is 4.98. The number of carbonyl (C=O) groups is 1. The minimum absolute atomic E-state index is 0.155. The van der Waals surface area contributed by atoms with Gasteiger partial charge in [-0.2, -0.15) is 0 Å². The summed E-state index contributed by atoms with van der Waals surface area (Å²) in [5, 5.41) is 9.57. The highest BCUT2D eigenvalue weighted by atomic mass is 16.6. The zero-order valence-electron chi connectivity index (χ0n) is 8.38. The molecule has 1 aliphatic rings. The molecule has 1 aliphatic heterocycles. The van der Waals surface area contributed by atoms with Gasteiger partial charge in [0.25, 0.3) is 0 Å². The lowest BCUT2D eigenvalue weighted by Crippen LogP contribution is -2.35. The highest BCUT2D eigenvalue weighted by Gasteiger charge is 2.43. The topological polar surface area (TPSA) is 46.5 Å². The molecular formula is C10H18O3. The smallest absolute Gasteiger partial charge is 0.309 e. The number of unbranched alkanes of at least 4 members (excludes halogenated alkanes) is 2. The molecule has 0 saturated carbocycles. The molecule has 1 saturated heterocycles. The Hall–Kier alpha value is -0.570. The Morgan fingerprint density at radius 1 is 1.62 bits per heavy atom. The number of hydrogen-bond donors (Lipinski definition) is 1. The zero-order valence-corrected chi connectivity index (χ0v) is 8.38. The molecular weight excluding hydrogens is 168 g/mol. The van der Waals surface area contributed by atoms with Gasteiger partial charge < -0.3 is 9.84 Å². The SMILES string of the molecule is CCCCC[C@@]1(C)OC(=O)C[C@@H]1O. The van der Waals surface area contributed by atoms with Crippen molar-refractivity contribution in [2.45, 2.75) is 57.7 Å². The second kappa shape index (κ2) is 4.09. The predicted molar refractivity (Wildman–Crippen MR) is 49.3 cm³/mol. The van der Waals surface area contributed by atoms with E-state index in [9.17, 15) is 9.90 Å². The average molecular weight is 186 g/mol. The van der Waals surface area contributed by atoms with Crippen molar-refractivity contribution < 1.29 is 14.6 Å². The number of esters is 1. The van der Waals surface area contributed by atoms with Crippen LogP contribution in [0.15, 0.2) is 0 Å². The van der Waals surface area contributed by atoms with Crippen molar-refractivity contribution in [3.05, 3.63) is 0 Å². The van der Waals surface area contributed by atoms with Gasteiger partial charge in [-0.1, -0.05) is 19.8 Å². The van der Waals surface area contributed by atoms with Crippen LogP contribution in [0.3, 0.4) is 0 Å².